The Balaban J connectivity index is 1.37. The van der Waals surface area contributed by atoms with Crippen LogP contribution in [-0.2, 0) is 45.8 Å². The summed E-state index contributed by atoms with van der Waals surface area (Å²) >= 11 is 0. The molecule has 6 heterocycles. The highest BCUT2D eigenvalue weighted by Crippen LogP contribution is 2.69. The number of benzene rings is 2. The minimum absolute atomic E-state index is 0.0309. The van der Waals surface area contributed by atoms with Crippen LogP contribution < -0.4 is 9.64 Å². The molecule has 5 aliphatic heterocycles. The number of piperidine rings is 1. The number of likely N-dealkylation sites (N-methyl/N-ethyl adjacent to an activating group) is 1. The van der Waals surface area contributed by atoms with Crippen LogP contribution in [0.5, 0.6) is 5.75 Å². The number of carbonyl (C=O) groups excluding carboxylic acids is 3. The third kappa shape index (κ3) is 5.00. The van der Waals surface area contributed by atoms with Crippen LogP contribution in [-0.4, -0.2) is 123 Å². The molecule has 3 aromatic rings. The fourth-order valence-electron chi connectivity index (χ4n) is 13.5. The van der Waals surface area contributed by atoms with Crippen LogP contribution in [0, 0.1) is 11.3 Å². The van der Waals surface area contributed by atoms with E-state index >= 15 is 4.79 Å². The number of carbonyl (C=O) groups is 3. The number of para-hydroxylation sites is 1. The summed E-state index contributed by atoms with van der Waals surface area (Å²) in [6.07, 6.45) is 6.03. The predicted octanol–water partition coefficient (Wildman–Crippen LogP) is 5.02. The number of aromatic nitrogens is 1. The lowest BCUT2D eigenvalue weighted by Gasteiger charge is -2.65. The Kier molecular flexibility index (Phi) is 9.33. The zero-order valence-electron chi connectivity index (χ0n) is 35.0. The number of methoxy groups -OCH3 is 3. The van der Waals surface area contributed by atoms with Crippen LogP contribution in [0.3, 0.4) is 0 Å². The van der Waals surface area contributed by atoms with Crippen molar-refractivity contribution in [2.45, 2.75) is 100 Å². The van der Waals surface area contributed by atoms with Gasteiger partial charge in [-0.25, -0.2) is 4.79 Å². The van der Waals surface area contributed by atoms with E-state index in [2.05, 4.69) is 52.9 Å². The van der Waals surface area contributed by atoms with E-state index in [9.17, 15) is 14.7 Å². The largest absolute Gasteiger partial charge is 0.496 e. The Morgan fingerprint density at radius 1 is 0.966 bits per heavy atom. The SMILES string of the molecule is CCC1=C[C@@H]2CN(CCc3c([nH]c4ccccc34)[C@@](C(=O)OC)(c3cc4c(cc3OC)N(C)[C@H]3[C@@](O)(C(=O)OC)[C@H](OC(C)=O)[C@]5(CC)CCCN6CC[C@]43[C@@H]65)C2)C1. The smallest absolute Gasteiger partial charge is 0.344 e. The first-order valence-electron chi connectivity index (χ1n) is 21.2. The lowest BCUT2D eigenvalue weighted by Crippen LogP contribution is -2.82. The van der Waals surface area contributed by atoms with Crippen molar-refractivity contribution >= 4 is 34.5 Å². The van der Waals surface area contributed by atoms with Crippen molar-refractivity contribution in [3.8, 4) is 5.75 Å². The molecule has 3 fully saturated rings. The van der Waals surface area contributed by atoms with Gasteiger partial charge in [-0.1, -0.05) is 43.7 Å². The Morgan fingerprint density at radius 3 is 2.45 bits per heavy atom. The van der Waals surface area contributed by atoms with Crippen LogP contribution >= 0.6 is 0 Å². The molecule has 2 N–H and O–H groups in total. The second-order valence-corrected chi connectivity index (χ2v) is 17.9. The number of aliphatic hydroxyl groups is 1. The molecule has 58 heavy (non-hydrogen) atoms. The number of esters is 3. The average Bonchev–Trinajstić information content (AvgIpc) is 3.89. The lowest BCUT2D eigenvalue weighted by atomic mass is 9.46. The number of hydrogen-bond donors (Lipinski definition) is 2. The standard InChI is InChI=1S/C46H58N4O8/c1-8-28-21-29-24-45(41(52)56-6,37-31(15-19-49(25-28)26-29)30-13-10-11-14-34(30)47-37)33-22-32-35(23-36(33)55-5)48(4)39-44(32)17-20-50-18-12-16-43(9-2,38(44)50)40(58-27(3)51)46(39,54)42(53)57-7/h10-11,13-14,21-23,29,38-40,47,54H,8-9,12,15-20,24-26H2,1-7H3/t29-,38-,39+,40+,43+,44+,45-,46-/m0/s1. The molecule has 310 valence electrons. The predicted molar refractivity (Wildman–Crippen MR) is 219 cm³/mol. The quantitative estimate of drug-likeness (QED) is 0.190. The topological polar surface area (TPSA) is 134 Å². The third-order valence-electron chi connectivity index (χ3n) is 15.5. The molecule has 1 aliphatic carbocycles. The first-order chi connectivity index (χ1) is 27.9. The third-order valence-corrected chi connectivity index (χ3v) is 15.5. The molecule has 2 saturated heterocycles. The average molecular weight is 795 g/mol. The molecule has 1 aromatic heterocycles. The molecule has 0 amide bonds. The minimum atomic E-state index is -2.23. The zero-order valence-corrected chi connectivity index (χ0v) is 35.0. The molecular weight excluding hydrogens is 737 g/mol. The molecule has 2 aromatic carbocycles. The molecule has 1 saturated carbocycles. The number of H-pyrrole nitrogens is 1. The van der Waals surface area contributed by atoms with E-state index in [1.165, 1.54) is 26.7 Å². The highest BCUT2D eigenvalue weighted by Gasteiger charge is 2.80. The molecule has 6 aliphatic rings. The van der Waals surface area contributed by atoms with Crippen molar-refractivity contribution in [2.24, 2.45) is 11.3 Å². The maximum absolute atomic E-state index is 15.3. The first kappa shape index (κ1) is 39.1. The molecule has 12 heteroatoms. The van der Waals surface area contributed by atoms with E-state index in [1.807, 2.05) is 30.1 Å². The van der Waals surface area contributed by atoms with E-state index < -0.39 is 45.9 Å². The fourth-order valence-corrected chi connectivity index (χ4v) is 13.5. The van der Waals surface area contributed by atoms with Crippen molar-refractivity contribution < 1.29 is 38.4 Å². The van der Waals surface area contributed by atoms with E-state index in [-0.39, 0.29) is 17.9 Å². The number of nitrogens with one attached hydrogen (secondary N) is 1. The van der Waals surface area contributed by atoms with Gasteiger partial charge in [0.2, 0.25) is 5.60 Å². The summed E-state index contributed by atoms with van der Waals surface area (Å²) < 4.78 is 24.1. The van der Waals surface area contributed by atoms with Crippen LogP contribution in [0.15, 0.2) is 48.0 Å². The van der Waals surface area contributed by atoms with Gasteiger partial charge in [0.1, 0.15) is 11.2 Å². The summed E-state index contributed by atoms with van der Waals surface area (Å²) in [7, 11) is 6.30. The summed E-state index contributed by atoms with van der Waals surface area (Å²) in [5.74, 6) is -1.21. The van der Waals surface area contributed by atoms with Crippen LogP contribution in [0.25, 0.3) is 10.9 Å². The van der Waals surface area contributed by atoms with E-state index in [4.69, 9.17) is 18.9 Å². The van der Waals surface area contributed by atoms with Crippen molar-refractivity contribution in [3.05, 3.63) is 70.4 Å². The molecule has 1 unspecified atom stereocenters. The lowest BCUT2D eigenvalue weighted by molar-refractivity contribution is -0.242. The van der Waals surface area contributed by atoms with Crippen LogP contribution in [0.4, 0.5) is 5.69 Å². The Morgan fingerprint density at radius 2 is 1.74 bits per heavy atom. The van der Waals surface area contributed by atoms with Gasteiger partial charge >= 0.3 is 17.9 Å². The molecule has 1 spiro atoms. The molecule has 2 bridgehead atoms. The fraction of sp³-hybridized carbons (Fsp3) is 0.587. The van der Waals surface area contributed by atoms with Gasteiger partial charge < -0.3 is 33.9 Å². The van der Waals surface area contributed by atoms with Gasteiger partial charge in [-0.3, -0.25) is 19.4 Å². The number of ether oxygens (including phenoxy) is 4. The molecule has 0 radical (unpaired) electrons. The highest BCUT2D eigenvalue weighted by atomic mass is 16.6. The Labute approximate surface area is 340 Å². The minimum Gasteiger partial charge on any atom is -0.496 e. The van der Waals surface area contributed by atoms with Crippen LogP contribution in [0.2, 0.25) is 0 Å². The molecule has 12 nitrogen and oxygen atoms in total. The van der Waals surface area contributed by atoms with Crippen molar-refractivity contribution in [2.75, 3.05) is 66.0 Å². The number of hydrogen-bond acceptors (Lipinski definition) is 11. The van der Waals surface area contributed by atoms with Gasteiger partial charge in [-0.15, -0.1) is 0 Å². The maximum atomic E-state index is 15.3. The Bertz CT molecular complexity index is 2220. The highest BCUT2D eigenvalue weighted by molar-refractivity contribution is 5.95. The van der Waals surface area contributed by atoms with Gasteiger partial charge in [0.15, 0.2) is 6.10 Å². The maximum Gasteiger partial charge on any atom is 0.344 e. The van der Waals surface area contributed by atoms with Gasteiger partial charge in [0.05, 0.1) is 27.4 Å². The summed E-state index contributed by atoms with van der Waals surface area (Å²) in [5, 5.41) is 14.4. The van der Waals surface area contributed by atoms with Gasteiger partial charge in [-0.2, -0.15) is 0 Å². The molecular formula is C46H58N4O8. The summed E-state index contributed by atoms with van der Waals surface area (Å²) in [6, 6.07) is 11.4. The monoisotopic (exact) mass is 794 g/mol. The van der Waals surface area contributed by atoms with E-state index in [0.29, 0.717) is 37.0 Å². The molecule has 9 atom stereocenters. The zero-order chi connectivity index (χ0) is 40.9. The second kappa shape index (κ2) is 13.8. The number of nitrogens with zero attached hydrogens (tertiary/aromatic N) is 3. The summed E-state index contributed by atoms with van der Waals surface area (Å²) in [4.78, 5) is 53.5. The number of anilines is 1. The summed E-state index contributed by atoms with van der Waals surface area (Å²) in [6.45, 7) is 9.77. The molecule has 9 rings (SSSR count). The van der Waals surface area contributed by atoms with Gasteiger partial charge in [0, 0.05) is 84.4 Å². The van der Waals surface area contributed by atoms with Crippen LogP contribution in [0.1, 0.15) is 81.7 Å². The van der Waals surface area contributed by atoms with Gasteiger partial charge in [-0.05, 0) is 87.2 Å². The van der Waals surface area contributed by atoms with Gasteiger partial charge in [0.25, 0.3) is 0 Å². The number of aromatic amines is 1. The normalized spacial score (nSPS) is 35.0. The second-order valence-electron chi connectivity index (χ2n) is 17.9. The van der Waals surface area contributed by atoms with E-state index in [0.717, 1.165) is 85.4 Å². The number of rotatable bonds is 7. The Hall–Kier alpha value is -4.39. The number of fused-ring (bicyclic) bond motifs is 6. The van der Waals surface area contributed by atoms with Crippen molar-refractivity contribution in [3.63, 3.8) is 0 Å². The summed E-state index contributed by atoms with van der Waals surface area (Å²) in [5.41, 5.74) is 1.51. The van der Waals surface area contributed by atoms with Crippen molar-refractivity contribution in [1.29, 1.82) is 0 Å². The first-order valence-corrected chi connectivity index (χ1v) is 21.2. The van der Waals surface area contributed by atoms with Crippen molar-refractivity contribution in [1.82, 2.24) is 14.8 Å². The van der Waals surface area contributed by atoms with E-state index in [1.54, 1.807) is 7.11 Å².